The summed E-state index contributed by atoms with van der Waals surface area (Å²) in [5, 5.41) is 3.44. The van der Waals surface area contributed by atoms with Crippen molar-refractivity contribution in [3.63, 3.8) is 0 Å². The Balaban J connectivity index is 4.02. The molecule has 0 aliphatic carbocycles. The van der Waals surface area contributed by atoms with Gasteiger partial charge in [-0.2, -0.15) is 0 Å². The third-order valence-electron chi connectivity index (χ3n) is 2.61. The van der Waals surface area contributed by atoms with Gasteiger partial charge in [0.05, 0.1) is 11.6 Å². The summed E-state index contributed by atoms with van der Waals surface area (Å²) in [4.78, 5) is 0. The van der Waals surface area contributed by atoms with Crippen molar-refractivity contribution in [2.45, 2.75) is 64.6 Å². The minimum atomic E-state index is -0.0855. The van der Waals surface area contributed by atoms with Crippen LogP contribution in [0.5, 0.6) is 0 Å². The molecular weight excluding hydrogens is 186 g/mol. The number of hydrogen-bond acceptors (Lipinski definition) is 2. The maximum atomic E-state index is 5.46. The molecule has 0 radical (unpaired) electrons. The van der Waals surface area contributed by atoms with Crippen LogP contribution in [0.15, 0.2) is 0 Å². The van der Waals surface area contributed by atoms with Crippen molar-refractivity contribution in [2.24, 2.45) is 0 Å². The molecule has 0 spiro atoms. The highest BCUT2D eigenvalue weighted by Crippen LogP contribution is 2.15. The fourth-order valence-electron chi connectivity index (χ4n) is 1.73. The zero-order valence-corrected chi connectivity index (χ0v) is 10.8. The molecule has 0 amide bonds. The standard InChI is InChI=1S/C13H25NO/c1-7-9-12(8-2)14-11(3)10-13(4,5)15-6/h2,11-12,14H,7,9-10H2,1,3-6H3. The van der Waals surface area contributed by atoms with Crippen molar-refractivity contribution in [1.29, 1.82) is 0 Å². The normalized spacial score (nSPS) is 15.7. The first-order valence-electron chi connectivity index (χ1n) is 5.72. The molecule has 2 nitrogen and oxygen atoms in total. The fraction of sp³-hybridized carbons (Fsp3) is 0.846. The Morgan fingerprint density at radius 2 is 2.07 bits per heavy atom. The van der Waals surface area contributed by atoms with E-state index < -0.39 is 0 Å². The minimum absolute atomic E-state index is 0.0855. The Hall–Kier alpha value is -0.520. The van der Waals surface area contributed by atoms with Crippen LogP contribution in [0.25, 0.3) is 0 Å². The van der Waals surface area contributed by atoms with Crippen LogP contribution in [0.4, 0.5) is 0 Å². The third kappa shape index (κ3) is 6.54. The lowest BCUT2D eigenvalue weighted by Crippen LogP contribution is -2.40. The molecule has 0 bridgehead atoms. The predicted octanol–water partition coefficient (Wildman–Crippen LogP) is 2.58. The number of nitrogens with one attached hydrogen (secondary N) is 1. The second-order valence-corrected chi connectivity index (χ2v) is 4.74. The number of rotatable bonds is 7. The highest BCUT2D eigenvalue weighted by molar-refractivity contribution is 4.99. The van der Waals surface area contributed by atoms with Gasteiger partial charge in [0.1, 0.15) is 0 Å². The second-order valence-electron chi connectivity index (χ2n) is 4.74. The maximum absolute atomic E-state index is 5.46. The summed E-state index contributed by atoms with van der Waals surface area (Å²) in [5.74, 6) is 2.79. The molecule has 0 aromatic carbocycles. The monoisotopic (exact) mass is 211 g/mol. The summed E-state index contributed by atoms with van der Waals surface area (Å²) in [6, 6.07) is 0.574. The smallest absolute Gasteiger partial charge is 0.0688 e. The zero-order valence-electron chi connectivity index (χ0n) is 10.8. The van der Waals surface area contributed by atoms with E-state index >= 15 is 0 Å². The fourth-order valence-corrected chi connectivity index (χ4v) is 1.73. The van der Waals surface area contributed by atoms with Crippen LogP contribution in [0.1, 0.15) is 47.0 Å². The number of ether oxygens (including phenoxy) is 1. The lowest BCUT2D eigenvalue weighted by Gasteiger charge is -2.28. The summed E-state index contributed by atoms with van der Waals surface area (Å²) in [6.45, 7) is 8.49. The molecule has 88 valence electrons. The van der Waals surface area contributed by atoms with Crippen LogP contribution in [-0.4, -0.2) is 24.8 Å². The van der Waals surface area contributed by atoms with E-state index in [1.54, 1.807) is 7.11 Å². The van der Waals surface area contributed by atoms with Gasteiger partial charge in [0.25, 0.3) is 0 Å². The summed E-state index contributed by atoms with van der Waals surface area (Å²) in [6.07, 6.45) is 8.57. The highest BCUT2D eigenvalue weighted by Gasteiger charge is 2.21. The highest BCUT2D eigenvalue weighted by atomic mass is 16.5. The summed E-state index contributed by atoms with van der Waals surface area (Å²) >= 11 is 0. The maximum Gasteiger partial charge on any atom is 0.0688 e. The molecule has 15 heavy (non-hydrogen) atoms. The van der Waals surface area contributed by atoms with Gasteiger partial charge in [-0.25, -0.2) is 0 Å². The molecule has 0 heterocycles. The van der Waals surface area contributed by atoms with Crippen molar-refractivity contribution in [2.75, 3.05) is 7.11 Å². The van der Waals surface area contributed by atoms with E-state index in [1.165, 1.54) is 0 Å². The topological polar surface area (TPSA) is 21.3 Å². The van der Waals surface area contributed by atoms with Gasteiger partial charge in [-0.05, 0) is 33.6 Å². The van der Waals surface area contributed by atoms with Crippen LogP contribution >= 0.6 is 0 Å². The summed E-state index contributed by atoms with van der Waals surface area (Å²) < 4.78 is 5.39. The van der Waals surface area contributed by atoms with Crippen LogP contribution in [0, 0.1) is 12.3 Å². The Bertz CT molecular complexity index is 205. The molecule has 1 N–H and O–H groups in total. The van der Waals surface area contributed by atoms with Crippen LogP contribution in [-0.2, 0) is 4.74 Å². The lowest BCUT2D eigenvalue weighted by atomic mass is 9.99. The minimum Gasteiger partial charge on any atom is -0.379 e. The van der Waals surface area contributed by atoms with Crippen molar-refractivity contribution < 1.29 is 4.74 Å². The largest absolute Gasteiger partial charge is 0.379 e. The molecule has 2 heteroatoms. The van der Waals surface area contributed by atoms with Gasteiger partial charge in [0.15, 0.2) is 0 Å². The van der Waals surface area contributed by atoms with Crippen molar-refractivity contribution in [3.05, 3.63) is 0 Å². The van der Waals surface area contributed by atoms with Gasteiger partial charge in [-0.3, -0.25) is 0 Å². The number of terminal acetylenes is 1. The quantitative estimate of drug-likeness (QED) is 0.654. The first kappa shape index (κ1) is 14.5. The van der Waals surface area contributed by atoms with Crippen LogP contribution in [0.2, 0.25) is 0 Å². The lowest BCUT2D eigenvalue weighted by molar-refractivity contribution is 0.00810. The molecule has 0 saturated heterocycles. The molecule has 0 aliphatic heterocycles. The van der Waals surface area contributed by atoms with Crippen LogP contribution in [0.3, 0.4) is 0 Å². The van der Waals surface area contributed by atoms with E-state index in [0.717, 1.165) is 19.3 Å². The molecule has 0 saturated carbocycles. The van der Waals surface area contributed by atoms with Gasteiger partial charge in [-0.1, -0.05) is 19.3 Å². The molecule has 0 rings (SSSR count). The average molecular weight is 211 g/mol. The van der Waals surface area contributed by atoms with E-state index in [2.05, 4.69) is 38.9 Å². The Morgan fingerprint density at radius 1 is 1.47 bits per heavy atom. The van der Waals surface area contributed by atoms with E-state index in [-0.39, 0.29) is 11.6 Å². The summed E-state index contributed by atoms with van der Waals surface area (Å²) in [7, 11) is 1.75. The van der Waals surface area contributed by atoms with Crippen LogP contribution < -0.4 is 5.32 Å². The Kier molecular flexibility index (Phi) is 6.63. The van der Waals surface area contributed by atoms with E-state index in [1.807, 2.05) is 0 Å². The Morgan fingerprint density at radius 3 is 2.47 bits per heavy atom. The van der Waals surface area contributed by atoms with Gasteiger partial charge >= 0.3 is 0 Å². The predicted molar refractivity (Wildman–Crippen MR) is 65.8 cm³/mol. The van der Waals surface area contributed by atoms with Gasteiger partial charge < -0.3 is 10.1 Å². The SMILES string of the molecule is C#CC(CCC)NC(C)CC(C)(C)OC. The summed E-state index contributed by atoms with van der Waals surface area (Å²) in [5.41, 5.74) is -0.0855. The molecule has 2 atom stereocenters. The molecule has 0 aromatic heterocycles. The van der Waals surface area contributed by atoms with E-state index in [9.17, 15) is 0 Å². The molecule has 0 fully saturated rings. The Labute approximate surface area is 94.8 Å². The van der Waals surface area contributed by atoms with Gasteiger partial charge in [-0.15, -0.1) is 6.42 Å². The van der Waals surface area contributed by atoms with Crippen molar-refractivity contribution in [1.82, 2.24) is 5.32 Å². The first-order chi connectivity index (χ1) is 6.95. The van der Waals surface area contributed by atoms with Crippen molar-refractivity contribution in [3.8, 4) is 12.3 Å². The van der Waals surface area contributed by atoms with E-state index in [0.29, 0.717) is 6.04 Å². The average Bonchev–Trinajstić information content (AvgIpc) is 2.16. The second kappa shape index (κ2) is 6.87. The molecular formula is C13H25NO. The first-order valence-corrected chi connectivity index (χ1v) is 5.72. The molecule has 2 unspecified atom stereocenters. The van der Waals surface area contributed by atoms with Crippen molar-refractivity contribution >= 4 is 0 Å². The zero-order chi connectivity index (χ0) is 11.9. The number of hydrogen-bond donors (Lipinski definition) is 1. The number of methoxy groups -OCH3 is 1. The molecule has 0 aliphatic rings. The van der Waals surface area contributed by atoms with Gasteiger partial charge in [0.2, 0.25) is 0 Å². The molecule has 0 aromatic rings. The third-order valence-corrected chi connectivity index (χ3v) is 2.61. The van der Waals surface area contributed by atoms with E-state index in [4.69, 9.17) is 11.2 Å². The van der Waals surface area contributed by atoms with Gasteiger partial charge in [0, 0.05) is 13.2 Å².